The van der Waals surface area contributed by atoms with Crippen molar-refractivity contribution in [2.24, 2.45) is 5.73 Å². The number of hydrogen-bond donors (Lipinski definition) is 4. The van der Waals surface area contributed by atoms with Crippen LogP contribution in [0.25, 0.3) is 0 Å². The lowest BCUT2D eigenvalue weighted by atomic mass is 10.0. The van der Waals surface area contributed by atoms with E-state index in [1.807, 2.05) is 0 Å². The maximum absolute atomic E-state index is 12.5. The monoisotopic (exact) mass is 526 g/mol. The average Bonchev–Trinajstić information content (AvgIpc) is 2.66. The lowest BCUT2D eigenvalue weighted by Crippen LogP contribution is -2.49. The third-order valence-electron chi connectivity index (χ3n) is 4.04. The first kappa shape index (κ1) is 26.7. The fourth-order valence-electron chi connectivity index (χ4n) is 2.61. The Morgan fingerprint density at radius 1 is 1.16 bits per heavy atom. The van der Waals surface area contributed by atoms with Gasteiger partial charge in [-0.2, -0.15) is 0 Å². The number of halogens is 5. The van der Waals surface area contributed by atoms with E-state index < -0.39 is 42.2 Å². The molecule has 170 valence electrons. The number of aliphatic hydroxyl groups excluding tert-OH is 1. The van der Waals surface area contributed by atoms with Crippen LogP contribution in [0.2, 0.25) is 0 Å². The second-order valence-electron chi connectivity index (χ2n) is 6.32. The summed E-state index contributed by atoms with van der Waals surface area (Å²) in [5.41, 5.74) is 6.41. The van der Waals surface area contributed by atoms with Gasteiger partial charge in [-0.15, -0.1) is 25.6 Å². The first-order chi connectivity index (χ1) is 14.0. The van der Waals surface area contributed by atoms with E-state index in [0.29, 0.717) is 0 Å². The minimum atomic E-state index is -5.00. The molecule has 12 heteroatoms. The molecule has 3 atom stereocenters. The molecule has 0 aliphatic heterocycles. The van der Waals surface area contributed by atoms with Crippen molar-refractivity contribution < 1.29 is 37.7 Å². The van der Waals surface area contributed by atoms with Crippen molar-refractivity contribution in [3.05, 3.63) is 64.1 Å². The fraction of sp³-hybridized carbons (Fsp3) is 0.263. The largest absolute Gasteiger partial charge is 0.573 e. The number of nitrogens with two attached hydrogens (primary N) is 1. The summed E-state index contributed by atoms with van der Waals surface area (Å²) < 4.78 is 41.3. The smallest absolute Gasteiger partial charge is 0.479 e. The Balaban J connectivity index is 0.00000480. The number of hydrogen-bond acceptors (Lipinski definition) is 5. The Morgan fingerprint density at radius 2 is 1.77 bits per heavy atom. The summed E-state index contributed by atoms with van der Waals surface area (Å²) in [5, 5.41) is 21.7. The Labute approximate surface area is 189 Å². The van der Waals surface area contributed by atoms with E-state index in [-0.39, 0.29) is 28.9 Å². The second kappa shape index (κ2) is 11.3. The van der Waals surface area contributed by atoms with E-state index in [9.17, 15) is 33.0 Å². The molecular weight excluding hydrogens is 509 g/mol. The maximum atomic E-state index is 12.5. The third kappa shape index (κ3) is 8.02. The number of amides is 1. The van der Waals surface area contributed by atoms with Gasteiger partial charge in [-0.05, 0) is 45.6 Å². The highest BCUT2D eigenvalue weighted by Gasteiger charge is 2.33. The second-order valence-corrected chi connectivity index (χ2v) is 7.17. The Hall–Kier alpha value is -2.34. The van der Waals surface area contributed by atoms with Crippen molar-refractivity contribution in [3.63, 3.8) is 0 Å². The lowest BCUT2D eigenvalue weighted by molar-refractivity contribution is -0.274. The van der Waals surface area contributed by atoms with Crippen LogP contribution in [0.5, 0.6) is 5.75 Å². The number of ether oxygens (including phenoxy) is 1. The van der Waals surface area contributed by atoms with Gasteiger partial charge in [-0.3, -0.25) is 4.79 Å². The zero-order valence-corrected chi connectivity index (χ0v) is 18.1. The molecule has 0 saturated carbocycles. The molecule has 0 bridgehead atoms. The first-order valence-corrected chi connectivity index (χ1v) is 9.33. The number of nitrogens with one attached hydrogen (secondary N) is 1. The zero-order chi connectivity index (χ0) is 22.5. The highest BCUT2D eigenvalue weighted by Crippen LogP contribution is 2.33. The van der Waals surface area contributed by atoms with Crippen molar-refractivity contribution in [2.75, 3.05) is 0 Å². The van der Waals surface area contributed by atoms with Crippen molar-refractivity contribution in [1.29, 1.82) is 0 Å². The molecule has 2 aromatic carbocycles. The van der Waals surface area contributed by atoms with Crippen LogP contribution >= 0.6 is 28.3 Å². The van der Waals surface area contributed by atoms with E-state index in [1.165, 1.54) is 6.07 Å². The first-order valence-electron chi connectivity index (χ1n) is 8.54. The topological polar surface area (TPSA) is 122 Å². The van der Waals surface area contributed by atoms with E-state index in [1.54, 1.807) is 30.3 Å². The number of carbonyl (C=O) groups excluding carboxylic acids is 1. The average molecular weight is 528 g/mol. The zero-order valence-electron chi connectivity index (χ0n) is 15.7. The number of benzene rings is 2. The highest BCUT2D eigenvalue weighted by atomic mass is 79.9. The van der Waals surface area contributed by atoms with Crippen LogP contribution in [0, 0.1) is 0 Å². The normalized spacial score (nSPS) is 14.0. The predicted octanol–water partition coefficient (Wildman–Crippen LogP) is 2.94. The van der Waals surface area contributed by atoms with Gasteiger partial charge in [0.05, 0.1) is 4.47 Å². The standard InChI is InChI=1S/C19H18BrF3N2O5.ClH/c20-12-7-6-11(9-14(12)30-19(21,22)23)15(18(28)29)25-17(27)16(26)13(24)8-10-4-2-1-3-5-10;/h1-7,9,13,15-16,26H,8,24H2,(H,25,27)(H,28,29);1H/t13-,15-,16+;/m1./s1. The number of carboxylic acid groups (broad SMARTS) is 1. The van der Waals surface area contributed by atoms with Crippen molar-refractivity contribution in [2.45, 2.75) is 31.0 Å². The Kier molecular flexibility index (Phi) is 9.75. The van der Waals surface area contributed by atoms with Crippen LogP contribution in [0.4, 0.5) is 13.2 Å². The summed E-state index contributed by atoms with van der Waals surface area (Å²) in [5.74, 6) is -3.30. The number of carboxylic acids is 1. The molecular formula is C19H19BrClF3N2O5. The molecule has 5 N–H and O–H groups in total. The molecule has 0 radical (unpaired) electrons. The van der Waals surface area contributed by atoms with Gasteiger partial charge in [0.1, 0.15) is 11.9 Å². The van der Waals surface area contributed by atoms with Gasteiger partial charge in [0.25, 0.3) is 5.91 Å². The molecule has 0 aliphatic rings. The molecule has 1 amide bonds. The van der Waals surface area contributed by atoms with E-state index in [0.717, 1.165) is 17.7 Å². The predicted molar refractivity (Wildman–Crippen MR) is 111 cm³/mol. The molecule has 0 unspecified atom stereocenters. The van der Waals surface area contributed by atoms with Crippen molar-refractivity contribution in [1.82, 2.24) is 5.32 Å². The molecule has 0 heterocycles. The van der Waals surface area contributed by atoms with Crippen LogP contribution in [0.15, 0.2) is 53.0 Å². The SMILES string of the molecule is Cl.N[C@H](Cc1ccccc1)[C@H](O)C(=O)N[C@@H](C(=O)O)c1ccc(Br)c(OC(F)(F)F)c1. The number of rotatable bonds is 8. The van der Waals surface area contributed by atoms with Gasteiger partial charge in [0, 0.05) is 6.04 Å². The van der Waals surface area contributed by atoms with E-state index in [2.05, 4.69) is 26.0 Å². The summed E-state index contributed by atoms with van der Waals surface area (Å²) in [6, 6.07) is 9.18. The molecule has 0 fully saturated rings. The summed E-state index contributed by atoms with van der Waals surface area (Å²) in [4.78, 5) is 23.9. The van der Waals surface area contributed by atoms with Crippen molar-refractivity contribution in [3.8, 4) is 5.75 Å². The van der Waals surface area contributed by atoms with Gasteiger partial charge < -0.3 is 26.0 Å². The lowest BCUT2D eigenvalue weighted by Gasteiger charge is -2.22. The summed E-state index contributed by atoms with van der Waals surface area (Å²) >= 11 is 2.88. The molecule has 7 nitrogen and oxygen atoms in total. The fourth-order valence-corrected chi connectivity index (χ4v) is 2.94. The minimum absolute atomic E-state index is 0. The molecule has 0 spiro atoms. The summed E-state index contributed by atoms with van der Waals surface area (Å²) in [6.45, 7) is 0. The van der Waals surface area contributed by atoms with Gasteiger partial charge in [-0.1, -0.05) is 36.4 Å². The van der Waals surface area contributed by atoms with Crippen LogP contribution < -0.4 is 15.8 Å². The highest BCUT2D eigenvalue weighted by molar-refractivity contribution is 9.10. The van der Waals surface area contributed by atoms with Crippen LogP contribution in [-0.2, 0) is 16.0 Å². The molecule has 31 heavy (non-hydrogen) atoms. The maximum Gasteiger partial charge on any atom is 0.573 e. The molecule has 0 saturated heterocycles. The minimum Gasteiger partial charge on any atom is -0.479 e. The van der Waals surface area contributed by atoms with Crippen LogP contribution in [0.1, 0.15) is 17.2 Å². The van der Waals surface area contributed by atoms with Crippen molar-refractivity contribution >= 4 is 40.2 Å². The summed E-state index contributed by atoms with van der Waals surface area (Å²) in [6.07, 6.45) is -6.59. The number of carbonyl (C=O) groups is 2. The molecule has 0 aliphatic carbocycles. The molecule has 2 rings (SSSR count). The van der Waals surface area contributed by atoms with Crippen LogP contribution in [-0.4, -0.2) is 40.6 Å². The molecule has 2 aromatic rings. The number of alkyl halides is 3. The van der Waals surface area contributed by atoms with Gasteiger partial charge in [0.15, 0.2) is 6.04 Å². The van der Waals surface area contributed by atoms with E-state index in [4.69, 9.17) is 5.73 Å². The number of aliphatic hydroxyl groups is 1. The third-order valence-corrected chi connectivity index (χ3v) is 4.69. The van der Waals surface area contributed by atoms with Gasteiger partial charge in [-0.25, -0.2) is 4.79 Å². The Bertz CT molecular complexity index is 902. The quantitative estimate of drug-likeness (QED) is 0.419. The Morgan fingerprint density at radius 3 is 2.32 bits per heavy atom. The number of aliphatic carboxylic acids is 1. The summed E-state index contributed by atoms with van der Waals surface area (Å²) in [7, 11) is 0. The van der Waals surface area contributed by atoms with Gasteiger partial charge >= 0.3 is 12.3 Å². The van der Waals surface area contributed by atoms with Gasteiger partial charge in [0.2, 0.25) is 0 Å². The molecule has 0 aromatic heterocycles. The van der Waals surface area contributed by atoms with Crippen LogP contribution in [0.3, 0.4) is 0 Å². The van der Waals surface area contributed by atoms with E-state index >= 15 is 0 Å².